The molecule has 0 aliphatic carbocycles. The van der Waals surface area contributed by atoms with Crippen LogP contribution in [-0.4, -0.2) is 37.9 Å². The summed E-state index contributed by atoms with van der Waals surface area (Å²) in [6.45, 7) is 0.172. The summed E-state index contributed by atoms with van der Waals surface area (Å²) in [5, 5.41) is 12.6. The third kappa shape index (κ3) is 3.28. The molecule has 0 saturated carbocycles. The van der Waals surface area contributed by atoms with E-state index in [1.54, 1.807) is 0 Å². The van der Waals surface area contributed by atoms with Crippen LogP contribution in [0.15, 0.2) is 35.2 Å². The van der Waals surface area contributed by atoms with Crippen molar-refractivity contribution in [2.75, 3.05) is 18.0 Å². The minimum Gasteiger partial charge on any atom is -0.504 e. The number of nitrogens with zero attached hydrogens (tertiary/aromatic N) is 1. The standard InChI is InChI=1S/C17H18ClFN4O4S/c18-11-4-5-14(15(24)16(11)28(26,27)9-7-22-8-9)23(17(21)25)13-3-1-2-12(19)10(13)6-20/h1-5,9,22,24H,6-8,20H2,(H2,21,25). The SMILES string of the molecule is NCc1c(F)cccc1N(C(N)=O)c1ccc(Cl)c(S(=O)(=O)C2CNC2)c1O. The molecular formula is C17H18ClFN4O4S. The number of nitrogens with one attached hydrogen (secondary N) is 1. The van der Waals surface area contributed by atoms with E-state index in [1.807, 2.05) is 0 Å². The number of rotatable bonds is 5. The Labute approximate surface area is 165 Å². The summed E-state index contributed by atoms with van der Waals surface area (Å²) in [5.74, 6) is -1.42. The number of aromatic hydroxyl groups is 1. The van der Waals surface area contributed by atoms with Gasteiger partial charge < -0.3 is 21.9 Å². The highest BCUT2D eigenvalue weighted by atomic mass is 35.5. The number of carbonyl (C=O) groups is 1. The zero-order valence-electron chi connectivity index (χ0n) is 14.5. The van der Waals surface area contributed by atoms with Gasteiger partial charge in [0.05, 0.1) is 21.6 Å². The normalized spacial score (nSPS) is 14.5. The number of anilines is 2. The van der Waals surface area contributed by atoms with Gasteiger partial charge in [-0.1, -0.05) is 17.7 Å². The van der Waals surface area contributed by atoms with E-state index in [9.17, 15) is 22.7 Å². The lowest BCUT2D eigenvalue weighted by Crippen LogP contribution is -2.51. The summed E-state index contributed by atoms with van der Waals surface area (Å²) in [7, 11) is -3.97. The number of amides is 2. The third-order valence-corrected chi connectivity index (χ3v) is 7.15. The predicted molar refractivity (Wildman–Crippen MR) is 103 cm³/mol. The van der Waals surface area contributed by atoms with E-state index < -0.39 is 37.6 Å². The van der Waals surface area contributed by atoms with E-state index in [0.717, 1.165) is 11.0 Å². The Hall–Kier alpha value is -2.40. The molecular weight excluding hydrogens is 411 g/mol. The van der Waals surface area contributed by atoms with Gasteiger partial charge in [0.25, 0.3) is 0 Å². The van der Waals surface area contributed by atoms with E-state index in [1.165, 1.54) is 24.3 Å². The van der Waals surface area contributed by atoms with Crippen molar-refractivity contribution in [3.8, 4) is 5.75 Å². The molecule has 1 aliphatic heterocycles. The number of carbonyl (C=O) groups excluding carboxylic acids is 1. The van der Waals surface area contributed by atoms with Crippen LogP contribution in [-0.2, 0) is 16.4 Å². The summed E-state index contributed by atoms with van der Waals surface area (Å²) in [4.78, 5) is 12.5. The van der Waals surface area contributed by atoms with Crippen LogP contribution >= 0.6 is 11.6 Å². The Morgan fingerprint density at radius 2 is 1.96 bits per heavy atom. The Bertz CT molecular complexity index is 1040. The highest BCUT2D eigenvalue weighted by molar-refractivity contribution is 7.92. The number of phenols is 1. The summed E-state index contributed by atoms with van der Waals surface area (Å²) in [5.41, 5.74) is 10.8. The van der Waals surface area contributed by atoms with Crippen LogP contribution in [0.1, 0.15) is 5.56 Å². The van der Waals surface area contributed by atoms with Gasteiger partial charge in [-0.25, -0.2) is 17.6 Å². The molecule has 11 heteroatoms. The monoisotopic (exact) mass is 428 g/mol. The molecule has 6 N–H and O–H groups in total. The van der Waals surface area contributed by atoms with Crippen molar-refractivity contribution in [2.45, 2.75) is 16.7 Å². The summed E-state index contributed by atoms with van der Waals surface area (Å²) < 4.78 is 39.8. The number of urea groups is 1. The van der Waals surface area contributed by atoms with Crippen molar-refractivity contribution in [1.82, 2.24) is 5.32 Å². The topological polar surface area (TPSA) is 139 Å². The van der Waals surface area contributed by atoms with Crippen LogP contribution in [0.3, 0.4) is 0 Å². The second-order valence-corrected chi connectivity index (χ2v) is 8.76. The number of phenolic OH excluding ortho intramolecular Hbond substituents is 1. The maximum absolute atomic E-state index is 14.1. The first-order valence-corrected chi connectivity index (χ1v) is 10.2. The fourth-order valence-corrected chi connectivity index (χ4v) is 5.16. The van der Waals surface area contributed by atoms with Crippen LogP contribution in [0.25, 0.3) is 0 Å². The molecule has 150 valence electrons. The lowest BCUT2D eigenvalue weighted by atomic mass is 10.1. The average molecular weight is 429 g/mol. The van der Waals surface area contributed by atoms with Crippen molar-refractivity contribution < 1.29 is 22.7 Å². The lowest BCUT2D eigenvalue weighted by Gasteiger charge is -2.29. The van der Waals surface area contributed by atoms with Crippen molar-refractivity contribution in [1.29, 1.82) is 0 Å². The fraction of sp³-hybridized carbons (Fsp3) is 0.235. The predicted octanol–water partition coefficient (Wildman–Crippen LogP) is 1.61. The molecule has 0 bridgehead atoms. The van der Waals surface area contributed by atoms with E-state index in [0.29, 0.717) is 0 Å². The molecule has 0 unspecified atom stereocenters. The third-order valence-electron chi connectivity index (χ3n) is 4.53. The minimum absolute atomic E-state index is 0.0127. The van der Waals surface area contributed by atoms with Crippen LogP contribution in [0, 0.1) is 5.82 Å². The molecule has 8 nitrogen and oxygen atoms in total. The Morgan fingerprint density at radius 1 is 1.29 bits per heavy atom. The first-order valence-electron chi connectivity index (χ1n) is 8.23. The number of primary amides is 1. The van der Waals surface area contributed by atoms with Crippen LogP contribution in [0.2, 0.25) is 5.02 Å². The molecule has 0 aromatic heterocycles. The minimum atomic E-state index is -3.97. The van der Waals surface area contributed by atoms with Gasteiger partial charge in [0, 0.05) is 25.2 Å². The maximum Gasteiger partial charge on any atom is 0.324 e. The second kappa shape index (κ2) is 7.55. The molecule has 1 heterocycles. The first-order chi connectivity index (χ1) is 13.2. The molecule has 3 rings (SSSR count). The van der Waals surface area contributed by atoms with Crippen molar-refractivity contribution in [2.24, 2.45) is 11.5 Å². The van der Waals surface area contributed by atoms with Gasteiger partial charge in [-0.05, 0) is 24.3 Å². The lowest BCUT2D eigenvalue weighted by molar-refractivity contribution is 0.255. The molecule has 1 saturated heterocycles. The Balaban J connectivity index is 2.23. The quantitative estimate of drug-likeness (QED) is 0.570. The van der Waals surface area contributed by atoms with Gasteiger partial charge in [0.15, 0.2) is 15.6 Å². The molecule has 2 aromatic carbocycles. The average Bonchev–Trinajstić information content (AvgIpc) is 2.54. The molecule has 28 heavy (non-hydrogen) atoms. The molecule has 0 spiro atoms. The molecule has 2 amide bonds. The van der Waals surface area contributed by atoms with E-state index in [-0.39, 0.29) is 41.6 Å². The van der Waals surface area contributed by atoms with Crippen LogP contribution < -0.4 is 21.7 Å². The smallest absolute Gasteiger partial charge is 0.324 e. The molecule has 0 atom stereocenters. The molecule has 1 aliphatic rings. The number of hydrogen-bond donors (Lipinski definition) is 4. The van der Waals surface area contributed by atoms with Gasteiger partial charge in [-0.15, -0.1) is 0 Å². The van der Waals surface area contributed by atoms with Gasteiger partial charge >= 0.3 is 6.03 Å². The van der Waals surface area contributed by atoms with Crippen molar-refractivity contribution in [3.05, 3.63) is 46.7 Å². The highest BCUT2D eigenvalue weighted by Crippen LogP contribution is 2.43. The zero-order chi connectivity index (χ0) is 20.6. The molecule has 1 fully saturated rings. The Morgan fingerprint density at radius 3 is 2.50 bits per heavy atom. The van der Waals surface area contributed by atoms with Crippen molar-refractivity contribution in [3.63, 3.8) is 0 Å². The number of benzene rings is 2. The molecule has 2 aromatic rings. The first kappa shape index (κ1) is 20.3. The van der Waals surface area contributed by atoms with E-state index in [2.05, 4.69) is 5.32 Å². The van der Waals surface area contributed by atoms with Crippen molar-refractivity contribution >= 4 is 38.8 Å². The number of nitrogens with two attached hydrogens (primary N) is 2. The van der Waals surface area contributed by atoms with Crippen LogP contribution in [0.5, 0.6) is 5.75 Å². The van der Waals surface area contributed by atoms with Crippen LogP contribution in [0.4, 0.5) is 20.6 Å². The second-order valence-electron chi connectivity index (χ2n) is 6.18. The fourth-order valence-electron chi connectivity index (χ4n) is 2.96. The van der Waals surface area contributed by atoms with Gasteiger partial charge in [-0.3, -0.25) is 4.90 Å². The zero-order valence-corrected chi connectivity index (χ0v) is 16.1. The maximum atomic E-state index is 14.1. The van der Waals surface area contributed by atoms with Gasteiger partial charge in [0.1, 0.15) is 10.7 Å². The van der Waals surface area contributed by atoms with Gasteiger partial charge in [-0.2, -0.15) is 0 Å². The highest BCUT2D eigenvalue weighted by Gasteiger charge is 2.38. The summed E-state index contributed by atoms with van der Waals surface area (Å²) in [6, 6.07) is 5.27. The summed E-state index contributed by atoms with van der Waals surface area (Å²) in [6.07, 6.45) is 0. The van der Waals surface area contributed by atoms with E-state index in [4.69, 9.17) is 23.1 Å². The van der Waals surface area contributed by atoms with Gasteiger partial charge in [0.2, 0.25) is 0 Å². The number of sulfone groups is 1. The van der Waals surface area contributed by atoms with E-state index >= 15 is 0 Å². The summed E-state index contributed by atoms with van der Waals surface area (Å²) >= 11 is 6.05. The number of hydrogen-bond acceptors (Lipinski definition) is 6. The molecule has 0 radical (unpaired) electrons. The largest absolute Gasteiger partial charge is 0.504 e. The number of halogens is 2. The Kier molecular flexibility index (Phi) is 5.48.